The average molecular weight is 1180 g/mol. The summed E-state index contributed by atoms with van der Waals surface area (Å²) < 4.78 is 288. The van der Waals surface area contributed by atoms with Crippen LogP contribution in [0.4, 0.5) is 48.3 Å². The number of alkyl halides is 6. The molecular weight excluding hydrogens is 1130 g/mol. The molecule has 15 nitrogen and oxygen atoms in total. The van der Waals surface area contributed by atoms with Crippen LogP contribution in [-0.4, -0.2) is 105 Å². The summed E-state index contributed by atoms with van der Waals surface area (Å²) in [5.41, 5.74) is -1.94. The SMILES string of the molecule is O=S1(=O)CCC(CCNS(=O)(=O)c2c(F)c(F)c(F)c(F)c2F)CC1.O=S1(=O)CCC(CCNS(=O)(=O)c2ccc(C(F)(F)F)cc2)CC1.O=S1(=O)CCC(CCNS(=O)(=O)c2cccc(C(F)(F)F)c2)CC1. The Morgan fingerprint density at radius 3 is 1.08 bits per heavy atom. The first-order valence-corrected chi connectivity index (χ1v) is 31.8. The van der Waals surface area contributed by atoms with E-state index in [1.807, 2.05) is 0 Å². The van der Waals surface area contributed by atoms with Gasteiger partial charge in [-0.2, -0.15) is 26.3 Å². The second kappa shape index (κ2) is 24.6. The van der Waals surface area contributed by atoms with Crippen molar-refractivity contribution in [2.45, 2.75) is 84.8 Å². The number of sulfone groups is 3. The highest BCUT2D eigenvalue weighted by molar-refractivity contribution is 7.92. The number of rotatable bonds is 15. The average Bonchev–Trinajstić information content (AvgIpc) is 3.29. The van der Waals surface area contributed by atoms with Crippen molar-refractivity contribution in [3.63, 3.8) is 0 Å². The summed E-state index contributed by atoms with van der Waals surface area (Å²) in [6.07, 6.45) is -5.42. The minimum atomic E-state index is -4.97. The van der Waals surface area contributed by atoms with Crippen molar-refractivity contribution >= 4 is 59.6 Å². The summed E-state index contributed by atoms with van der Waals surface area (Å²) in [5, 5.41) is 0. The Hall–Kier alpha value is -3.53. The standard InChI is InChI=1S/2C14H18F3NO4S2.C13H14F5NO4S2/c15-14(16,17)12-1-3-13(4-2-12)24(21,22)18-8-5-11-6-9-23(19,20)10-7-11;15-14(16,17)12-2-1-3-13(10-12)24(21,22)18-7-4-11-5-8-23(19,20)9-6-11;14-8-9(15)11(17)13(12(18)10(8)16)25(22,23)19-4-1-7-2-5-24(20,21)6-3-7/h1-4,11,18H,5-10H2;1-3,10-11,18H,4-9H2;7,19H,1-6H2. The highest BCUT2D eigenvalue weighted by Gasteiger charge is 2.35. The van der Waals surface area contributed by atoms with Crippen LogP contribution in [0.25, 0.3) is 0 Å². The Morgan fingerprint density at radius 2 is 0.740 bits per heavy atom. The quantitative estimate of drug-likeness (QED) is 0.0867. The fourth-order valence-electron chi connectivity index (χ4n) is 7.60. The van der Waals surface area contributed by atoms with E-state index in [1.54, 1.807) is 4.72 Å². The van der Waals surface area contributed by atoms with Crippen molar-refractivity contribution in [3.05, 3.63) is 88.7 Å². The van der Waals surface area contributed by atoms with Gasteiger partial charge in [0.1, 0.15) is 29.5 Å². The van der Waals surface area contributed by atoms with Crippen molar-refractivity contribution in [1.29, 1.82) is 0 Å². The summed E-state index contributed by atoms with van der Waals surface area (Å²) >= 11 is 0. The van der Waals surface area contributed by atoms with Crippen molar-refractivity contribution in [3.8, 4) is 0 Å². The molecule has 6 rings (SSSR count). The van der Waals surface area contributed by atoms with Gasteiger partial charge in [0.25, 0.3) is 0 Å². The molecule has 0 bridgehead atoms. The molecule has 414 valence electrons. The van der Waals surface area contributed by atoms with Crippen LogP contribution < -0.4 is 14.2 Å². The highest BCUT2D eigenvalue weighted by atomic mass is 32.2. The van der Waals surface area contributed by atoms with Crippen LogP contribution in [0.2, 0.25) is 0 Å². The van der Waals surface area contributed by atoms with Gasteiger partial charge in [-0.05, 0) is 118 Å². The van der Waals surface area contributed by atoms with Crippen LogP contribution in [0.1, 0.15) is 68.9 Å². The van der Waals surface area contributed by atoms with Gasteiger partial charge < -0.3 is 0 Å². The molecule has 73 heavy (non-hydrogen) atoms. The molecule has 0 radical (unpaired) electrons. The molecule has 3 N–H and O–H groups in total. The van der Waals surface area contributed by atoms with Crippen molar-refractivity contribution in [1.82, 2.24) is 14.2 Å². The Kier molecular flexibility index (Phi) is 20.9. The molecule has 32 heteroatoms. The third-order valence-electron chi connectivity index (χ3n) is 12.0. The maximum Gasteiger partial charge on any atom is 0.416 e. The van der Waals surface area contributed by atoms with E-state index in [4.69, 9.17) is 0 Å². The lowest BCUT2D eigenvalue weighted by Gasteiger charge is -2.21. The summed E-state index contributed by atoms with van der Waals surface area (Å²) in [6.45, 7) is -0.149. The molecule has 3 aliphatic rings. The van der Waals surface area contributed by atoms with E-state index in [9.17, 15) is 98.8 Å². The molecule has 3 fully saturated rings. The molecular formula is C41H50F11N3O12S6. The fourth-order valence-corrected chi connectivity index (χ4v) is 15.7. The molecule has 0 aromatic heterocycles. The van der Waals surface area contributed by atoms with Crippen molar-refractivity contribution < 1.29 is 98.8 Å². The molecule has 0 atom stereocenters. The second-order valence-corrected chi connectivity index (χ2v) is 29.4. The largest absolute Gasteiger partial charge is 0.416 e. The van der Waals surface area contributed by atoms with E-state index in [0.29, 0.717) is 57.4 Å². The van der Waals surface area contributed by atoms with E-state index in [-0.39, 0.29) is 83.2 Å². The Morgan fingerprint density at radius 1 is 0.425 bits per heavy atom. The van der Waals surface area contributed by atoms with Crippen LogP contribution in [0.15, 0.2) is 63.2 Å². The third kappa shape index (κ3) is 18.6. The maximum atomic E-state index is 13.6. The second-order valence-electron chi connectivity index (χ2n) is 17.3. The summed E-state index contributed by atoms with van der Waals surface area (Å²) in [6, 6.07) is 6.82. The predicted octanol–water partition coefficient (Wildman–Crippen LogP) is 6.27. The van der Waals surface area contributed by atoms with E-state index in [0.717, 1.165) is 42.5 Å². The Labute approximate surface area is 416 Å². The molecule has 3 aliphatic heterocycles. The van der Waals surface area contributed by atoms with Crippen LogP contribution in [-0.2, 0) is 71.9 Å². The molecule has 0 unspecified atom stereocenters. The van der Waals surface area contributed by atoms with Gasteiger partial charge in [-0.25, -0.2) is 86.6 Å². The lowest BCUT2D eigenvalue weighted by Crippen LogP contribution is -2.31. The van der Waals surface area contributed by atoms with Crippen LogP contribution in [0.5, 0.6) is 0 Å². The van der Waals surface area contributed by atoms with E-state index in [1.165, 1.54) is 0 Å². The zero-order chi connectivity index (χ0) is 55.0. The Balaban J connectivity index is 0.000000237. The zero-order valence-corrected chi connectivity index (χ0v) is 43.0. The molecule has 0 spiro atoms. The molecule has 0 aliphatic carbocycles. The summed E-state index contributed by atoms with van der Waals surface area (Å²) in [4.78, 5) is -2.61. The fraction of sp³-hybridized carbons (Fsp3) is 0.561. The predicted molar refractivity (Wildman–Crippen MR) is 243 cm³/mol. The van der Waals surface area contributed by atoms with Gasteiger partial charge in [-0.15, -0.1) is 0 Å². The lowest BCUT2D eigenvalue weighted by molar-refractivity contribution is -0.138. The Bertz CT molecular complexity index is 3040. The lowest BCUT2D eigenvalue weighted by atomic mass is 9.99. The normalized spacial score (nSPS) is 19.0. The number of halogens is 11. The minimum absolute atomic E-state index is 0.0396. The number of hydrogen-bond acceptors (Lipinski definition) is 12. The van der Waals surface area contributed by atoms with Gasteiger partial charge in [0, 0.05) is 19.6 Å². The number of benzene rings is 3. The summed E-state index contributed by atoms with van der Waals surface area (Å²) in [5.74, 6) is -11.6. The number of nitrogens with one attached hydrogen (secondary N) is 3. The van der Waals surface area contributed by atoms with Crippen LogP contribution in [0.3, 0.4) is 0 Å². The third-order valence-corrected chi connectivity index (χ3v) is 21.5. The number of hydrogen-bond donors (Lipinski definition) is 3. The first-order chi connectivity index (χ1) is 33.5. The molecule has 3 heterocycles. The molecule has 0 saturated carbocycles. The first-order valence-electron chi connectivity index (χ1n) is 21.9. The van der Waals surface area contributed by atoms with E-state index < -0.39 is 122 Å². The van der Waals surface area contributed by atoms with Crippen molar-refractivity contribution in [2.24, 2.45) is 17.8 Å². The van der Waals surface area contributed by atoms with Gasteiger partial charge in [-0.3, -0.25) is 0 Å². The first kappa shape index (κ1) is 62.0. The van der Waals surface area contributed by atoms with Crippen LogP contribution >= 0.6 is 0 Å². The summed E-state index contributed by atoms with van der Waals surface area (Å²) in [7, 11) is -21.9. The molecule has 3 saturated heterocycles. The topological polar surface area (TPSA) is 241 Å². The molecule has 3 aromatic carbocycles. The van der Waals surface area contributed by atoms with E-state index in [2.05, 4.69) is 9.44 Å². The molecule has 3 aromatic rings. The van der Waals surface area contributed by atoms with Crippen molar-refractivity contribution in [2.75, 3.05) is 54.2 Å². The van der Waals surface area contributed by atoms with Gasteiger partial charge in [-0.1, -0.05) is 6.07 Å². The van der Waals surface area contributed by atoms with Gasteiger partial charge >= 0.3 is 12.4 Å². The van der Waals surface area contributed by atoms with Gasteiger partial charge in [0.05, 0.1) is 55.4 Å². The van der Waals surface area contributed by atoms with E-state index >= 15 is 0 Å². The van der Waals surface area contributed by atoms with Gasteiger partial charge in [0.2, 0.25) is 35.9 Å². The smallest absolute Gasteiger partial charge is 0.229 e. The molecule has 0 amide bonds. The van der Waals surface area contributed by atoms with Crippen LogP contribution in [0, 0.1) is 46.8 Å². The monoisotopic (exact) mass is 1180 g/mol. The zero-order valence-electron chi connectivity index (χ0n) is 38.1. The van der Waals surface area contributed by atoms with Gasteiger partial charge in [0.15, 0.2) is 28.2 Å². The minimum Gasteiger partial charge on any atom is -0.229 e. The number of sulfonamides is 3. The maximum absolute atomic E-state index is 13.6. The highest BCUT2D eigenvalue weighted by Crippen LogP contribution is 2.32.